The molecule has 0 spiro atoms. The molecule has 2 heteroatoms. The van der Waals surface area contributed by atoms with Gasteiger partial charge in [0.25, 0.3) is 0 Å². The summed E-state index contributed by atoms with van der Waals surface area (Å²) in [6.45, 7) is 9.98. The second-order valence-electron chi connectivity index (χ2n) is 3.79. The maximum Gasteiger partial charge on any atom is 0.00968 e. The number of thioether (sulfide) groups is 1. The second-order valence-corrected chi connectivity index (χ2v) is 5.01. The van der Waals surface area contributed by atoms with E-state index in [1.54, 1.807) is 0 Å². The van der Waals surface area contributed by atoms with Gasteiger partial charge >= 0.3 is 0 Å². The molecule has 0 aliphatic rings. The minimum absolute atomic E-state index is 0.284. The van der Waals surface area contributed by atoms with Crippen LogP contribution >= 0.6 is 11.8 Å². The first kappa shape index (κ1) is 11.3. The Bertz CT molecular complexity index is 86.1. The molecule has 0 aromatic rings. The summed E-state index contributed by atoms with van der Waals surface area (Å²) in [6.07, 6.45) is 1.29. The largest absolute Gasteiger partial charge is 0.311 e. The molecule has 0 atom stereocenters. The van der Waals surface area contributed by atoms with E-state index in [0.29, 0.717) is 0 Å². The Morgan fingerprint density at radius 1 is 1.18 bits per heavy atom. The summed E-state index contributed by atoms with van der Waals surface area (Å²) in [7, 11) is 0. The lowest BCUT2D eigenvalue weighted by atomic mass is 10.1. The number of rotatable bonds is 5. The summed E-state index contributed by atoms with van der Waals surface area (Å²) < 4.78 is 0. The van der Waals surface area contributed by atoms with Crippen molar-refractivity contribution in [3.05, 3.63) is 0 Å². The molecule has 0 bridgehead atoms. The van der Waals surface area contributed by atoms with E-state index in [-0.39, 0.29) is 5.54 Å². The van der Waals surface area contributed by atoms with Gasteiger partial charge in [-0.15, -0.1) is 0 Å². The highest BCUT2D eigenvalue weighted by Gasteiger charge is 2.06. The Morgan fingerprint density at radius 3 is 2.27 bits per heavy atom. The average Bonchev–Trinajstić information content (AvgIpc) is 1.85. The molecule has 0 unspecified atom stereocenters. The third kappa shape index (κ3) is 10.3. The lowest BCUT2D eigenvalue weighted by Crippen LogP contribution is -2.37. The van der Waals surface area contributed by atoms with E-state index in [4.69, 9.17) is 0 Å². The van der Waals surface area contributed by atoms with E-state index >= 15 is 0 Å². The van der Waals surface area contributed by atoms with E-state index in [0.717, 1.165) is 6.54 Å². The Balaban J connectivity index is 3.02. The van der Waals surface area contributed by atoms with E-state index in [2.05, 4.69) is 33.0 Å². The van der Waals surface area contributed by atoms with Crippen molar-refractivity contribution in [1.82, 2.24) is 5.32 Å². The van der Waals surface area contributed by atoms with Crippen LogP contribution in [0.1, 0.15) is 34.1 Å². The predicted molar refractivity (Wildman–Crippen MR) is 55.4 cm³/mol. The van der Waals surface area contributed by atoms with Crippen LogP contribution in [0.2, 0.25) is 0 Å². The van der Waals surface area contributed by atoms with E-state index in [1.165, 1.54) is 17.9 Å². The van der Waals surface area contributed by atoms with Crippen LogP contribution < -0.4 is 5.32 Å². The number of nitrogens with one attached hydrogen (secondary N) is 1. The fourth-order valence-electron chi connectivity index (χ4n) is 0.745. The quantitative estimate of drug-likeness (QED) is 0.644. The molecule has 0 aliphatic carbocycles. The minimum atomic E-state index is 0.284. The zero-order chi connectivity index (χ0) is 8.74. The summed E-state index contributed by atoms with van der Waals surface area (Å²) in [4.78, 5) is 0. The lowest BCUT2D eigenvalue weighted by molar-refractivity contribution is 0.441. The highest BCUT2D eigenvalue weighted by Crippen LogP contribution is 2.02. The normalized spacial score (nSPS) is 12.0. The van der Waals surface area contributed by atoms with Crippen molar-refractivity contribution >= 4 is 11.8 Å². The second kappa shape index (κ2) is 5.90. The topological polar surface area (TPSA) is 12.0 Å². The lowest BCUT2D eigenvalue weighted by Gasteiger charge is -2.20. The summed E-state index contributed by atoms with van der Waals surface area (Å²) in [6, 6.07) is 0. The Hall–Kier alpha value is 0.310. The van der Waals surface area contributed by atoms with Crippen LogP contribution in [0.4, 0.5) is 0 Å². The zero-order valence-electron chi connectivity index (χ0n) is 8.24. The first-order valence-corrected chi connectivity index (χ1v) is 5.54. The van der Waals surface area contributed by atoms with Crippen molar-refractivity contribution in [2.45, 2.75) is 39.7 Å². The monoisotopic (exact) mass is 175 g/mol. The molecule has 11 heavy (non-hydrogen) atoms. The summed E-state index contributed by atoms with van der Waals surface area (Å²) in [5.74, 6) is 2.54. The van der Waals surface area contributed by atoms with Crippen molar-refractivity contribution in [2.75, 3.05) is 18.1 Å². The zero-order valence-corrected chi connectivity index (χ0v) is 9.05. The maximum absolute atomic E-state index is 3.46. The molecule has 68 valence electrons. The van der Waals surface area contributed by atoms with Crippen LogP contribution in [0, 0.1) is 0 Å². The van der Waals surface area contributed by atoms with Gasteiger partial charge in [0, 0.05) is 17.8 Å². The summed E-state index contributed by atoms with van der Waals surface area (Å²) in [5.41, 5.74) is 0.284. The van der Waals surface area contributed by atoms with Crippen molar-refractivity contribution in [2.24, 2.45) is 0 Å². The Kier molecular flexibility index (Phi) is 6.06. The average molecular weight is 175 g/mol. The van der Waals surface area contributed by atoms with E-state index < -0.39 is 0 Å². The van der Waals surface area contributed by atoms with Crippen molar-refractivity contribution in [3.63, 3.8) is 0 Å². The summed E-state index contributed by atoms with van der Waals surface area (Å²) in [5, 5.41) is 3.46. The van der Waals surface area contributed by atoms with Crippen LogP contribution in [-0.2, 0) is 0 Å². The van der Waals surface area contributed by atoms with Crippen LogP contribution in [0.5, 0.6) is 0 Å². The highest BCUT2D eigenvalue weighted by atomic mass is 32.2. The highest BCUT2D eigenvalue weighted by molar-refractivity contribution is 7.99. The minimum Gasteiger partial charge on any atom is -0.311 e. The molecule has 0 aromatic heterocycles. The van der Waals surface area contributed by atoms with E-state index in [9.17, 15) is 0 Å². The fourth-order valence-corrected chi connectivity index (χ4v) is 1.48. The van der Waals surface area contributed by atoms with E-state index in [1.807, 2.05) is 11.8 Å². The van der Waals surface area contributed by atoms with Gasteiger partial charge in [-0.1, -0.05) is 6.92 Å². The van der Waals surface area contributed by atoms with Gasteiger partial charge in [-0.2, -0.15) is 11.8 Å². The fraction of sp³-hybridized carbons (Fsp3) is 1.00. The van der Waals surface area contributed by atoms with Crippen molar-refractivity contribution in [1.29, 1.82) is 0 Å². The van der Waals surface area contributed by atoms with Crippen LogP contribution in [0.3, 0.4) is 0 Å². The molecule has 0 aliphatic heterocycles. The first-order valence-electron chi connectivity index (χ1n) is 4.39. The van der Waals surface area contributed by atoms with Gasteiger partial charge in [0.15, 0.2) is 0 Å². The molecular formula is C9H21NS. The standard InChI is InChI=1S/C9H21NS/c1-5-7-11-8-6-10-9(2,3)4/h10H,5-8H2,1-4H3. The van der Waals surface area contributed by atoms with Gasteiger partial charge in [-0.25, -0.2) is 0 Å². The number of hydrogen-bond donors (Lipinski definition) is 1. The predicted octanol–water partition coefficient (Wildman–Crippen LogP) is 2.52. The summed E-state index contributed by atoms with van der Waals surface area (Å²) >= 11 is 2.03. The first-order chi connectivity index (χ1) is 5.06. The van der Waals surface area contributed by atoms with Crippen LogP contribution in [0.25, 0.3) is 0 Å². The molecule has 1 N–H and O–H groups in total. The molecular weight excluding hydrogens is 154 g/mol. The van der Waals surface area contributed by atoms with Gasteiger partial charge in [0.05, 0.1) is 0 Å². The van der Waals surface area contributed by atoms with Crippen molar-refractivity contribution < 1.29 is 0 Å². The Labute approximate surface area is 75.3 Å². The molecule has 0 saturated carbocycles. The van der Waals surface area contributed by atoms with Crippen LogP contribution in [0.15, 0.2) is 0 Å². The SMILES string of the molecule is CCCSCCNC(C)(C)C. The molecule has 0 saturated heterocycles. The van der Waals surface area contributed by atoms with Gasteiger partial charge < -0.3 is 5.32 Å². The number of hydrogen-bond acceptors (Lipinski definition) is 2. The maximum atomic E-state index is 3.46. The smallest absolute Gasteiger partial charge is 0.00968 e. The van der Waals surface area contributed by atoms with Crippen molar-refractivity contribution in [3.8, 4) is 0 Å². The third-order valence-electron chi connectivity index (χ3n) is 1.25. The molecule has 0 radical (unpaired) electrons. The van der Waals surface area contributed by atoms with Gasteiger partial charge in [0.1, 0.15) is 0 Å². The molecule has 0 fully saturated rings. The van der Waals surface area contributed by atoms with Gasteiger partial charge in [0.2, 0.25) is 0 Å². The van der Waals surface area contributed by atoms with Crippen LogP contribution in [-0.4, -0.2) is 23.6 Å². The molecule has 0 aromatic carbocycles. The molecule has 0 amide bonds. The van der Waals surface area contributed by atoms with Gasteiger partial charge in [-0.3, -0.25) is 0 Å². The molecule has 1 nitrogen and oxygen atoms in total. The van der Waals surface area contributed by atoms with Gasteiger partial charge in [-0.05, 0) is 32.9 Å². The molecule has 0 rings (SSSR count). The molecule has 0 heterocycles. The Morgan fingerprint density at radius 2 is 1.82 bits per heavy atom. The third-order valence-corrected chi connectivity index (χ3v) is 2.44.